The molecule has 0 aromatic carbocycles. The van der Waals surface area contributed by atoms with Crippen LogP contribution in [0.3, 0.4) is 0 Å². The van der Waals surface area contributed by atoms with Gasteiger partial charge in [0.15, 0.2) is 0 Å². The van der Waals surface area contributed by atoms with Crippen LogP contribution >= 0.6 is 0 Å². The van der Waals surface area contributed by atoms with E-state index >= 15 is 0 Å². The minimum Gasteiger partial charge on any atom is -0.394 e. The number of nitrogens with one attached hydrogen (secondary N) is 1. The topological polar surface area (TPSA) is 67.9 Å². The van der Waals surface area contributed by atoms with Crippen molar-refractivity contribution in [3.8, 4) is 0 Å². The summed E-state index contributed by atoms with van der Waals surface area (Å²) in [6.45, 7) is 1.54. The lowest BCUT2D eigenvalue weighted by molar-refractivity contribution is 0.266. The van der Waals surface area contributed by atoms with E-state index in [1.165, 1.54) is 17.0 Å². The van der Waals surface area contributed by atoms with E-state index in [1.807, 2.05) is 35.0 Å². The molecule has 2 heterocycles. The second-order valence-corrected chi connectivity index (χ2v) is 5.31. The molecule has 2 aromatic heterocycles. The van der Waals surface area contributed by atoms with Gasteiger partial charge in [0.25, 0.3) is 0 Å². The Morgan fingerprint density at radius 1 is 1.45 bits per heavy atom. The molecule has 2 aromatic rings. The third kappa shape index (κ3) is 2.48. The van der Waals surface area contributed by atoms with E-state index in [-0.39, 0.29) is 6.61 Å². The minimum absolute atomic E-state index is 0.140. The third-order valence-corrected chi connectivity index (χ3v) is 4.02. The first-order valence-corrected chi connectivity index (χ1v) is 7.13. The summed E-state index contributed by atoms with van der Waals surface area (Å²) in [6, 6.07) is 0.348. The van der Waals surface area contributed by atoms with Crippen molar-refractivity contribution in [2.75, 3.05) is 6.61 Å². The Morgan fingerprint density at radius 3 is 3.10 bits per heavy atom. The van der Waals surface area contributed by atoms with Crippen LogP contribution in [0.25, 0.3) is 0 Å². The monoisotopic (exact) mass is 275 g/mol. The van der Waals surface area contributed by atoms with E-state index in [4.69, 9.17) is 5.11 Å². The molecule has 0 aliphatic heterocycles. The maximum absolute atomic E-state index is 9.08. The molecule has 0 saturated heterocycles. The number of aliphatic hydroxyl groups is 1. The summed E-state index contributed by atoms with van der Waals surface area (Å²) in [5.41, 5.74) is 3.74. The maximum Gasteiger partial charge on any atom is 0.0945 e. The summed E-state index contributed by atoms with van der Waals surface area (Å²) in [5.74, 6) is 0. The Kier molecular flexibility index (Phi) is 3.84. The Balaban J connectivity index is 1.72. The van der Waals surface area contributed by atoms with Gasteiger partial charge in [0.2, 0.25) is 0 Å². The van der Waals surface area contributed by atoms with E-state index in [0.29, 0.717) is 12.6 Å². The molecule has 0 spiro atoms. The molecule has 0 amide bonds. The lowest BCUT2D eigenvalue weighted by Gasteiger charge is -2.24. The number of fused-ring (bicyclic) bond motifs is 1. The van der Waals surface area contributed by atoms with Crippen LogP contribution in [0.15, 0.2) is 18.7 Å². The standard InChI is InChI=1S/C14H21N5O/c1-18-10-15-7-11(18)8-16-13-3-2-4-14-12(13)9-17-19(14)5-6-20/h7,9-10,13,16,20H,2-6,8H2,1H3. The second kappa shape index (κ2) is 5.76. The van der Waals surface area contributed by atoms with E-state index in [2.05, 4.69) is 15.4 Å². The van der Waals surface area contributed by atoms with Crippen molar-refractivity contribution in [3.05, 3.63) is 35.7 Å². The molecule has 0 radical (unpaired) electrons. The zero-order valence-corrected chi connectivity index (χ0v) is 11.8. The summed E-state index contributed by atoms with van der Waals surface area (Å²) in [7, 11) is 2.01. The number of imidazole rings is 1. The molecule has 1 aliphatic rings. The van der Waals surface area contributed by atoms with Gasteiger partial charge in [-0.15, -0.1) is 0 Å². The third-order valence-electron chi connectivity index (χ3n) is 4.02. The number of aryl methyl sites for hydroxylation is 1. The SMILES string of the molecule is Cn1cncc1CNC1CCCc2c1cnn2CCO. The molecule has 2 N–H and O–H groups in total. The first kappa shape index (κ1) is 13.3. The number of hydrogen-bond acceptors (Lipinski definition) is 4. The van der Waals surface area contributed by atoms with Gasteiger partial charge in [-0.05, 0) is 19.3 Å². The molecule has 20 heavy (non-hydrogen) atoms. The Bertz CT molecular complexity index is 574. The van der Waals surface area contributed by atoms with Crippen LogP contribution in [-0.2, 0) is 26.6 Å². The van der Waals surface area contributed by atoms with Gasteiger partial charge in [-0.2, -0.15) is 5.10 Å². The number of aromatic nitrogens is 4. The lowest BCUT2D eigenvalue weighted by atomic mass is 9.93. The number of nitrogens with zero attached hydrogens (tertiary/aromatic N) is 4. The molecule has 3 rings (SSSR count). The van der Waals surface area contributed by atoms with Crippen LogP contribution in [0.1, 0.15) is 35.8 Å². The molecule has 0 saturated carbocycles. The number of hydrogen-bond donors (Lipinski definition) is 2. The molecular weight excluding hydrogens is 254 g/mol. The van der Waals surface area contributed by atoms with Crippen LogP contribution in [-0.4, -0.2) is 31.0 Å². The van der Waals surface area contributed by atoms with E-state index in [1.54, 1.807) is 0 Å². The molecule has 1 unspecified atom stereocenters. The second-order valence-electron chi connectivity index (χ2n) is 5.31. The number of rotatable bonds is 5. The Morgan fingerprint density at radius 2 is 2.35 bits per heavy atom. The largest absolute Gasteiger partial charge is 0.394 e. The van der Waals surface area contributed by atoms with Crippen molar-refractivity contribution in [3.63, 3.8) is 0 Å². The molecule has 1 aliphatic carbocycles. The highest BCUT2D eigenvalue weighted by Gasteiger charge is 2.23. The van der Waals surface area contributed by atoms with Gasteiger partial charge in [0.05, 0.1) is 31.4 Å². The van der Waals surface area contributed by atoms with Crippen molar-refractivity contribution in [1.29, 1.82) is 0 Å². The van der Waals surface area contributed by atoms with Crippen molar-refractivity contribution in [2.24, 2.45) is 7.05 Å². The zero-order chi connectivity index (χ0) is 13.9. The molecule has 1 atom stereocenters. The summed E-state index contributed by atoms with van der Waals surface area (Å²) >= 11 is 0. The highest BCUT2D eigenvalue weighted by atomic mass is 16.3. The van der Waals surface area contributed by atoms with Gasteiger partial charge < -0.3 is 15.0 Å². The fourth-order valence-corrected chi connectivity index (χ4v) is 2.90. The summed E-state index contributed by atoms with van der Waals surface area (Å²) < 4.78 is 3.97. The van der Waals surface area contributed by atoms with Crippen LogP contribution in [0.5, 0.6) is 0 Å². The fourth-order valence-electron chi connectivity index (χ4n) is 2.90. The van der Waals surface area contributed by atoms with Crippen molar-refractivity contribution in [1.82, 2.24) is 24.6 Å². The first-order valence-electron chi connectivity index (χ1n) is 7.13. The predicted molar refractivity (Wildman–Crippen MR) is 75.0 cm³/mol. The zero-order valence-electron chi connectivity index (χ0n) is 11.8. The maximum atomic E-state index is 9.08. The van der Waals surface area contributed by atoms with Crippen molar-refractivity contribution >= 4 is 0 Å². The van der Waals surface area contributed by atoms with Crippen LogP contribution in [0.4, 0.5) is 0 Å². The van der Waals surface area contributed by atoms with Gasteiger partial charge in [-0.3, -0.25) is 4.68 Å². The summed E-state index contributed by atoms with van der Waals surface area (Å²) in [5, 5.41) is 17.1. The average Bonchev–Trinajstić information content (AvgIpc) is 3.04. The normalized spacial score (nSPS) is 18.2. The predicted octanol–water partition coefficient (Wildman–Crippen LogP) is 0.776. The Hall–Kier alpha value is -1.66. The number of aliphatic hydroxyl groups excluding tert-OH is 1. The minimum atomic E-state index is 0.140. The van der Waals surface area contributed by atoms with Crippen LogP contribution in [0.2, 0.25) is 0 Å². The van der Waals surface area contributed by atoms with E-state index in [0.717, 1.165) is 25.8 Å². The summed E-state index contributed by atoms with van der Waals surface area (Å²) in [4.78, 5) is 4.14. The molecule has 0 fully saturated rings. The molecule has 6 nitrogen and oxygen atoms in total. The molecule has 0 bridgehead atoms. The quantitative estimate of drug-likeness (QED) is 0.846. The van der Waals surface area contributed by atoms with Crippen LogP contribution < -0.4 is 5.32 Å². The van der Waals surface area contributed by atoms with Gasteiger partial charge in [0, 0.05) is 37.1 Å². The van der Waals surface area contributed by atoms with Crippen molar-refractivity contribution in [2.45, 2.75) is 38.4 Å². The molecule has 108 valence electrons. The van der Waals surface area contributed by atoms with Gasteiger partial charge in [-0.25, -0.2) is 4.98 Å². The Labute approximate surface area is 118 Å². The van der Waals surface area contributed by atoms with E-state index < -0.39 is 0 Å². The first-order chi connectivity index (χ1) is 9.79. The smallest absolute Gasteiger partial charge is 0.0945 e. The molecular formula is C14H21N5O. The highest BCUT2D eigenvalue weighted by molar-refractivity contribution is 5.25. The molecule has 6 heteroatoms. The highest BCUT2D eigenvalue weighted by Crippen LogP contribution is 2.29. The van der Waals surface area contributed by atoms with Gasteiger partial charge in [-0.1, -0.05) is 0 Å². The van der Waals surface area contributed by atoms with Crippen LogP contribution in [0, 0.1) is 0 Å². The lowest BCUT2D eigenvalue weighted by Crippen LogP contribution is -2.26. The average molecular weight is 275 g/mol. The van der Waals surface area contributed by atoms with E-state index in [9.17, 15) is 0 Å². The summed E-state index contributed by atoms with van der Waals surface area (Å²) in [6.07, 6.45) is 9.02. The fraction of sp³-hybridized carbons (Fsp3) is 0.571. The van der Waals surface area contributed by atoms with Gasteiger partial charge in [0.1, 0.15) is 0 Å². The van der Waals surface area contributed by atoms with Gasteiger partial charge >= 0.3 is 0 Å². The van der Waals surface area contributed by atoms with Crippen molar-refractivity contribution < 1.29 is 5.11 Å².